The number of oxime groups is 1. The molecule has 14 atom stereocenters. The number of aromatic nitrogens is 4. The summed E-state index contributed by atoms with van der Waals surface area (Å²) < 4.78 is 33.9. The second-order valence-corrected chi connectivity index (χ2v) is 17.5. The number of ketones is 1. The maximum Gasteiger partial charge on any atom is 0.316 e. The molecule has 2 aromatic heterocycles. The monoisotopic (exact) mass is 839 g/mol. The van der Waals surface area contributed by atoms with E-state index in [2.05, 4.69) is 20.2 Å². The molecule has 0 saturated carbocycles. The number of pyridine rings is 1. The number of Topliss-reactive ketones (excluding diaryl/α,β-unsaturated/α-hetero) is 1. The molecule has 60 heavy (non-hydrogen) atoms. The number of cyclic esters (lactones) is 1. The Morgan fingerprint density at radius 2 is 1.80 bits per heavy atom. The maximum atomic E-state index is 14.5. The molecule has 2 aromatic rings. The Kier molecular flexibility index (Phi) is 14.0. The molecule has 0 aromatic carbocycles. The molecule has 6 heterocycles. The van der Waals surface area contributed by atoms with E-state index in [1.165, 1.54) is 31.2 Å². The summed E-state index contributed by atoms with van der Waals surface area (Å²) in [5, 5.41) is 32.6. The van der Waals surface area contributed by atoms with Gasteiger partial charge in [0.1, 0.15) is 42.1 Å². The molecule has 0 spiro atoms. The number of aliphatic hydroxyl groups is 2. The van der Waals surface area contributed by atoms with Crippen LogP contribution in [0.3, 0.4) is 0 Å². The number of carbonyl (C=O) groups excluding carboxylic acids is 3. The average Bonchev–Trinajstić information content (AvgIpc) is 3.74. The molecule has 3 saturated heterocycles. The molecule has 6 rings (SSSR count). The second kappa shape index (κ2) is 18.5. The number of nitrogens with zero attached hydrogens (tertiary/aromatic N) is 7. The van der Waals surface area contributed by atoms with Crippen LogP contribution in [0.1, 0.15) is 80.2 Å². The first-order chi connectivity index (χ1) is 28.3. The topological polar surface area (TPSA) is 219 Å². The lowest BCUT2D eigenvalue weighted by Gasteiger charge is -2.47. The Morgan fingerprint density at radius 3 is 2.45 bits per heavy atom. The van der Waals surface area contributed by atoms with Crippen molar-refractivity contribution >= 4 is 29.1 Å². The van der Waals surface area contributed by atoms with E-state index in [1.54, 1.807) is 39.1 Å². The van der Waals surface area contributed by atoms with Crippen LogP contribution in [-0.4, -0.2) is 151 Å². The van der Waals surface area contributed by atoms with E-state index in [4.69, 9.17) is 33.5 Å². The highest BCUT2D eigenvalue weighted by Gasteiger charge is 2.53. The minimum Gasteiger partial charge on any atom is -0.459 e. The van der Waals surface area contributed by atoms with Crippen molar-refractivity contribution in [3.8, 4) is 5.82 Å². The van der Waals surface area contributed by atoms with Crippen molar-refractivity contribution in [3.05, 3.63) is 36.5 Å². The predicted molar refractivity (Wildman–Crippen MR) is 216 cm³/mol. The van der Waals surface area contributed by atoms with Gasteiger partial charge in [0.05, 0.1) is 37.1 Å². The van der Waals surface area contributed by atoms with Crippen LogP contribution >= 0.6 is 0 Å². The first-order valence-corrected chi connectivity index (χ1v) is 20.9. The number of aliphatic hydroxyl groups excluding tert-OH is 1. The van der Waals surface area contributed by atoms with Crippen LogP contribution in [0.2, 0.25) is 0 Å². The summed E-state index contributed by atoms with van der Waals surface area (Å²) >= 11 is 0. The van der Waals surface area contributed by atoms with E-state index in [0.29, 0.717) is 23.5 Å². The number of rotatable bonds is 7. The van der Waals surface area contributed by atoms with Crippen LogP contribution in [-0.2, 0) is 49.3 Å². The third-order valence-corrected chi connectivity index (χ3v) is 12.5. The lowest BCUT2D eigenvalue weighted by molar-refractivity contribution is -0.296. The maximum absolute atomic E-state index is 14.5. The third-order valence-electron chi connectivity index (χ3n) is 12.5. The Morgan fingerprint density at radius 1 is 1.05 bits per heavy atom. The zero-order chi connectivity index (χ0) is 43.7. The number of ether oxygens (including phenoxy) is 5. The summed E-state index contributed by atoms with van der Waals surface area (Å²) in [7, 11) is 3.73. The standard InChI is InChI=1S/C42H61N7O11/c1-11-31-42(8,54)37-24(4)33-22(2)16-41(7,36(25(5)34(50)26(6)39(53)58-31)59-40-35(51)29(48(9)10)14-23(3)57-40)56-19-28(18-55-37)47-60-30(38(52)46-33)15-27-12-13-32(44-17-27)49-21-43-20-45-49/h12-13,17,20-26,29-31,35-37,40,51,54H,11,14-16,18-19H2,1-10H3/b46-33?,47-28-/t22-,23-,24+,25+,26-,29+,30?,31-,35-,36-,37-,40+,41-,42-/m1/s1. The van der Waals surface area contributed by atoms with Crippen LogP contribution in [0.15, 0.2) is 41.1 Å². The molecule has 1 unspecified atom stereocenters. The van der Waals surface area contributed by atoms with Crippen molar-refractivity contribution in [2.75, 3.05) is 27.3 Å². The predicted octanol–water partition coefficient (Wildman–Crippen LogP) is 2.50. The minimum atomic E-state index is -1.85. The van der Waals surface area contributed by atoms with Crippen LogP contribution in [0.4, 0.5) is 0 Å². The number of fused-ring (bicyclic) bond motifs is 4. The number of likely N-dealkylation sites (N-methyl/N-ethyl adjacent to an activating group) is 1. The number of aliphatic imine (C=N–C) groups is 1. The van der Waals surface area contributed by atoms with Crippen LogP contribution in [0.25, 0.3) is 5.82 Å². The number of amides is 1. The van der Waals surface area contributed by atoms with E-state index in [1.807, 2.05) is 39.8 Å². The van der Waals surface area contributed by atoms with Gasteiger partial charge < -0.3 is 43.6 Å². The molecule has 3 fully saturated rings. The van der Waals surface area contributed by atoms with Gasteiger partial charge in [0.25, 0.3) is 5.91 Å². The number of hydrogen-bond donors (Lipinski definition) is 2. The number of hydrogen-bond acceptors (Lipinski definition) is 16. The summed E-state index contributed by atoms with van der Waals surface area (Å²) in [5.74, 6) is -5.01. The highest BCUT2D eigenvalue weighted by atomic mass is 16.7. The Labute approximate surface area is 351 Å². The van der Waals surface area contributed by atoms with Crippen molar-refractivity contribution in [1.82, 2.24) is 24.6 Å². The second-order valence-electron chi connectivity index (χ2n) is 17.5. The van der Waals surface area contributed by atoms with Gasteiger partial charge in [0.15, 0.2) is 17.9 Å². The highest BCUT2D eigenvalue weighted by Crippen LogP contribution is 2.40. The fourth-order valence-electron chi connectivity index (χ4n) is 9.14. The first-order valence-electron chi connectivity index (χ1n) is 20.9. The zero-order valence-corrected chi connectivity index (χ0v) is 36.3. The van der Waals surface area contributed by atoms with Crippen molar-refractivity contribution in [3.63, 3.8) is 0 Å². The molecule has 4 aliphatic heterocycles. The molecule has 330 valence electrons. The number of carbonyl (C=O) groups is 3. The van der Waals surface area contributed by atoms with Gasteiger partial charge in [-0.1, -0.05) is 38.9 Å². The van der Waals surface area contributed by atoms with Gasteiger partial charge in [0, 0.05) is 36.2 Å². The molecule has 18 nitrogen and oxygen atoms in total. The molecule has 4 aliphatic rings. The van der Waals surface area contributed by atoms with Gasteiger partial charge in [0.2, 0.25) is 6.10 Å². The Balaban J connectivity index is 1.47. The molecule has 1 amide bonds. The fourth-order valence-corrected chi connectivity index (χ4v) is 9.14. The Bertz CT molecular complexity index is 1890. The largest absolute Gasteiger partial charge is 0.459 e. The molecule has 4 bridgehead atoms. The van der Waals surface area contributed by atoms with Gasteiger partial charge >= 0.3 is 5.97 Å². The minimum absolute atomic E-state index is 0.0675. The molecule has 2 N–H and O–H groups in total. The van der Waals surface area contributed by atoms with Crippen molar-refractivity contribution in [2.24, 2.45) is 33.8 Å². The summed E-state index contributed by atoms with van der Waals surface area (Å²) in [6.45, 7) is 13.4. The summed E-state index contributed by atoms with van der Waals surface area (Å²) in [6, 6.07) is 3.23. The summed E-state index contributed by atoms with van der Waals surface area (Å²) in [4.78, 5) is 63.9. The zero-order valence-electron chi connectivity index (χ0n) is 36.3. The highest BCUT2D eigenvalue weighted by molar-refractivity contribution is 6.01. The molecule has 18 heteroatoms. The smallest absolute Gasteiger partial charge is 0.316 e. The SMILES string of the molecule is CC[C@H]1OC(=O)[C@H](C)C(=O)[C@H](C)[C@@H](O[C@@H]2O[C@H](C)C[C@H](N(C)C)[C@H]2O)[C@@]2(C)C[C@@H](C)C3=NC(=O)C(Cc4ccc(-n5cncn5)nc4)O/N=C(/CO[C@H]([C@H]3C)[C@]1(C)O)CO2. The van der Waals surface area contributed by atoms with Gasteiger partial charge in [-0.25, -0.2) is 19.6 Å². The van der Waals surface area contributed by atoms with Crippen LogP contribution in [0, 0.1) is 23.7 Å². The van der Waals surface area contributed by atoms with E-state index in [-0.39, 0.29) is 50.3 Å². The lowest BCUT2D eigenvalue weighted by Crippen LogP contribution is -2.60. The van der Waals surface area contributed by atoms with Gasteiger partial charge in [-0.2, -0.15) is 5.10 Å². The van der Waals surface area contributed by atoms with Crippen molar-refractivity contribution in [1.29, 1.82) is 0 Å². The molecule has 0 radical (unpaired) electrons. The summed E-state index contributed by atoms with van der Waals surface area (Å²) in [6.07, 6.45) is -1.64. The molecular formula is C42H61N7O11. The van der Waals surface area contributed by atoms with E-state index >= 15 is 0 Å². The summed E-state index contributed by atoms with van der Waals surface area (Å²) in [5.41, 5.74) is -1.97. The fraction of sp³-hybridized carbons (Fsp3) is 0.714. The molecule has 0 aliphatic carbocycles. The van der Waals surface area contributed by atoms with E-state index in [9.17, 15) is 24.6 Å². The van der Waals surface area contributed by atoms with Gasteiger partial charge in [-0.3, -0.25) is 14.4 Å². The van der Waals surface area contributed by atoms with Gasteiger partial charge in [-0.05, 0) is 78.6 Å². The number of esters is 1. The Hall–Kier alpha value is -4.04. The average molecular weight is 840 g/mol. The molecular weight excluding hydrogens is 778 g/mol. The first kappa shape index (κ1) is 45.5. The van der Waals surface area contributed by atoms with E-state index < -0.39 is 89.3 Å². The van der Waals surface area contributed by atoms with E-state index in [0.717, 1.165) is 0 Å². The lowest BCUT2D eigenvalue weighted by atomic mass is 9.73. The van der Waals surface area contributed by atoms with Crippen molar-refractivity contribution in [2.45, 2.75) is 141 Å². The quantitative estimate of drug-likeness (QED) is 0.302. The van der Waals surface area contributed by atoms with Crippen molar-refractivity contribution < 1.29 is 53.1 Å². The normalized spacial score (nSPS) is 39.5. The van der Waals surface area contributed by atoms with Gasteiger partial charge in [-0.15, -0.1) is 0 Å². The third kappa shape index (κ3) is 9.54. The van der Waals surface area contributed by atoms with Crippen LogP contribution < -0.4 is 0 Å². The van der Waals surface area contributed by atoms with Crippen LogP contribution in [0.5, 0.6) is 0 Å².